The van der Waals surface area contributed by atoms with E-state index < -0.39 is 23.8 Å². The van der Waals surface area contributed by atoms with Crippen molar-refractivity contribution >= 4 is 27.5 Å². The van der Waals surface area contributed by atoms with Gasteiger partial charge in [0.05, 0.1) is 18.1 Å². The Morgan fingerprint density at radius 1 is 1.16 bits per heavy atom. The number of hydrogen-bond donors (Lipinski definition) is 1. The van der Waals surface area contributed by atoms with E-state index in [4.69, 9.17) is 4.74 Å². The standard InChI is InChI=1S/C22H17F2N3O4S/c1-12-16(13-7-4-3-5-8-13)17-20(32-12)25-11-27(21(17)29)26-19(28)14-9-6-10-15(30-2)18(14)31-22(23)24/h3-11,22H,1-2H3,(H,26,28). The lowest BCUT2D eigenvalue weighted by atomic mass is 10.0. The second-order valence-electron chi connectivity index (χ2n) is 6.66. The molecule has 0 unspecified atom stereocenters. The molecule has 0 radical (unpaired) electrons. The Balaban J connectivity index is 1.77. The number of nitrogens with one attached hydrogen (secondary N) is 1. The van der Waals surface area contributed by atoms with Crippen LogP contribution in [-0.4, -0.2) is 29.3 Å². The molecule has 1 amide bonds. The largest absolute Gasteiger partial charge is 0.493 e. The summed E-state index contributed by atoms with van der Waals surface area (Å²) in [5.41, 5.74) is 3.26. The molecule has 32 heavy (non-hydrogen) atoms. The lowest BCUT2D eigenvalue weighted by molar-refractivity contribution is -0.0515. The lowest BCUT2D eigenvalue weighted by Gasteiger charge is -2.14. The van der Waals surface area contributed by atoms with Crippen molar-refractivity contribution in [3.05, 3.63) is 75.7 Å². The van der Waals surface area contributed by atoms with E-state index in [0.29, 0.717) is 10.2 Å². The first-order chi connectivity index (χ1) is 15.4. The van der Waals surface area contributed by atoms with E-state index in [2.05, 4.69) is 15.1 Å². The zero-order chi connectivity index (χ0) is 22.8. The molecule has 2 aromatic heterocycles. The van der Waals surface area contributed by atoms with Gasteiger partial charge < -0.3 is 9.47 Å². The van der Waals surface area contributed by atoms with Gasteiger partial charge >= 0.3 is 6.61 Å². The Morgan fingerprint density at radius 3 is 2.59 bits per heavy atom. The zero-order valence-electron chi connectivity index (χ0n) is 17.0. The van der Waals surface area contributed by atoms with Crippen molar-refractivity contribution in [2.45, 2.75) is 13.5 Å². The molecule has 2 heterocycles. The van der Waals surface area contributed by atoms with Crippen molar-refractivity contribution in [3.63, 3.8) is 0 Å². The molecule has 0 aliphatic heterocycles. The predicted molar refractivity (Wildman–Crippen MR) is 117 cm³/mol. The van der Waals surface area contributed by atoms with E-state index in [9.17, 15) is 18.4 Å². The first kappa shape index (κ1) is 21.4. The number of ether oxygens (including phenoxy) is 2. The molecule has 0 saturated carbocycles. The van der Waals surface area contributed by atoms with Crippen LogP contribution in [0.2, 0.25) is 0 Å². The average molecular weight is 457 g/mol. The summed E-state index contributed by atoms with van der Waals surface area (Å²) in [6.07, 6.45) is 1.18. The van der Waals surface area contributed by atoms with E-state index in [0.717, 1.165) is 20.7 Å². The summed E-state index contributed by atoms with van der Waals surface area (Å²) in [5, 5.41) is 0.358. The van der Waals surface area contributed by atoms with Crippen LogP contribution in [0, 0.1) is 6.92 Å². The number of thiophene rings is 1. The normalized spacial score (nSPS) is 11.0. The predicted octanol–water partition coefficient (Wildman–Crippen LogP) is 4.43. The van der Waals surface area contributed by atoms with E-state index in [1.807, 2.05) is 37.3 Å². The van der Waals surface area contributed by atoms with Gasteiger partial charge in [0.25, 0.3) is 11.5 Å². The highest BCUT2D eigenvalue weighted by Crippen LogP contribution is 2.35. The second kappa shape index (κ2) is 8.75. The molecule has 0 atom stereocenters. The third kappa shape index (κ3) is 3.92. The van der Waals surface area contributed by atoms with Crippen molar-refractivity contribution in [2.75, 3.05) is 12.5 Å². The molecule has 4 aromatic rings. The molecule has 164 valence electrons. The third-order valence-corrected chi connectivity index (χ3v) is 5.74. The Hall–Kier alpha value is -3.79. The van der Waals surface area contributed by atoms with Crippen molar-refractivity contribution in [1.82, 2.24) is 9.66 Å². The molecule has 0 bridgehead atoms. The van der Waals surface area contributed by atoms with Crippen LogP contribution in [0.5, 0.6) is 11.5 Å². The minimum atomic E-state index is -3.17. The molecule has 0 fully saturated rings. The van der Waals surface area contributed by atoms with Crippen molar-refractivity contribution in [2.24, 2.45) is 0 Å². The summed E-state index contributed by atoms with van der Waals surface area (Å²) >= 11 is 1.37. The average Bonchev–Trinajstić information content (AvgIpc) is 3.12. The van der Waals surface area contributed by atoms with Gasteiger partial charge in [-0.25, -0.2) is 9.66 Å². The lowest BCUT2D eigenvalue weighted by Crippen LogP contribution is -2.33. The maximum atomic E-state index is 13.2. The SMILES string of the molecule is COc1cccc(C(=O)Nn2cnc3sc(C)c(-c4ccccc4)c3c2=O)c1OC(F)F. The van der Waals surface area contributed by atoms with Gasteiger partial charge in [-0.05, 0) is 24.6 Å². The monoisotopic (exact) mass is 457 g/mol. The van der Waals surface area contributed by atoms with Crippen molar-refractivity contribution in [1.29, 1.82) is 0 Å². The van der Waals surface area contributed by atoms with Crippen molar-refractivity contribution in [3.8, 4) is 22.6 Å². The van der Waals surface area contributed by atoms with Crippen LogP contribution in [0.25, 0.3) is 21.3 Å². The fourth-order valence-corrected chi connectivity index (χ4v) is 4.37. The Kier molecular flexibility index (Phi) is 5.87. The number of aromatic nitrogens is 2. The molecule has 4 rings (SSSR count). The molecule has 2 aromatic carbocycles. The van der Waals surface area contributed by atoms with Crippen LogP contribution in [0.1, 0.15) is 15.2 Å². The number of para-hydroxylation sites is 1. The number of carbonyl (C=O) groups is 1. The van der Waals surface area contributed by atoms with Crippen LogP contribution in [0.4, 0.5) is 8.78 Å². The molecular weight excluding hydrogens is 440 g/mol. The minimum absolute atomic E-state index is 0.0429. The fraction of sp³-hybridized carbons (Fsp3) is 0.136. The van der Waals surface area contributed by atoms with Crippen LogP contribution in [-0.2, 0) is 0 Å². The van der Waals surface area contributed by atoms with E-state index >= 15 is 0 Å². The first-order valence-electron chi connectivity index (χ1n) is 9.40. The summed E-state index contributed by atoms with van der Waals surface area (Å²) in [6.45, 7) is -1.28. The second-order valence-corrected chi connectivity index (χ2v) is 7.86. The highest BCUT2D eigenvalue weighted by atomic mass is 32.1. The number of hydrogen-bond acceptors (Lipinski definition) is 6. The number of amides is 1. The number of fused-ring (bicyclic) bond motifs is 1. The van der Waals surface area contributed by atoms with Gasteiger partial charge in [-0.3, -0.25) is 15.0 Å². The van der Waals surface area contributed by atoms with Gasteiger partial charge in [0.1, 0.15) is 11.2 Å². The van der Waals surface area contributed by atoms with E-state index in [1.165, 1.54) is 43.0 Å². The number of rotatable bonds is 6. The highest BCUT2D eigenvalue weighted by molar-refractivity contribution is 7.19. The van der Waals surface area contributed by atoms with Crippen LogP contribution < -0.4 is 20.5 Å². The van der Waals surface area contributed by atoms with Crippen LogP contribution in [0.15, 0.2) is 59.7 Å². The quantitative estimate of drug-likeness (QED) is 0.463. The molecule has 7 nitrogen and oxygen atoms in total. The molecule has 0 saturated heterocycles. The number of methoxy groups -OCH3 is 1. The van der Waals surface area contributed by atoms with Gasteiger partial charge in [-0.15, -0.1) is 11.3 Å². The summed E-state index contributed by atoms with van der Waals surface area (Å²) in [4.78, 5) is 31.8. The Morgan fingerprint density at radius 2 is 1.91 bits per heavy atom. The van der Waals surface area contributed by atoms with Gasteiger partial charge in [0.15, 0.2) is 11.5 Å². The summed E-state index contributed by atoms with van der Waals surface area (Å²) in [5.74, 6) is -1.31. The fourth-order valence-electron chi connectivity index (χ4n) is 3.37. The number of halogens is 2. The Labute approximate surface area is 184 Å². The van der Waals surface area contributed by atoms with Crippen LogP contribution in [0.3, 0.4) is 0 Å². The number of carbonyl (C=O) groups excluding carboxylic acids is 1. The maximum Gasteiger partial charge on any atom is 0.387 e. The molecule has 0 aliphatic carbocycles. The number of alkyl halides is 2. The van der Waals surface area contributed by atoms with Gasteiger partial charge in [0, 0.05) is 10.4 Å². The zero-order valence-corrected chi connectivity index (χ0v) is 17.8. The smallest absolute Gasteiger partial charge is 0.387 e. The maximum absolute atomic E-state index is 13.2. The first-order valence-corrected chi connectivity index (χ1v) is 10.2. The van der Waals surface area contributed by atoms with E-state index in [1.54, 1.807) is 0 Å². The van der Waals surface area contributed by atoms with Gasteiger partial charge in [0.2, 0.25) is 0 Å². The van der Waals surface area contributed by atoms with Crippen LogP contribution >= 0.6 is 11.3 Å². The summed E-state index contributed by atoms with van der Waals surface area (Å²) in [6, 6.07) is 13.5. The van der Waals surface area contributed by atoms with Crippen molar-refractivity contribution < 1.29 is 23.0 Å². The summed E-state index contributed by atoms with van der Waals surface area (Å²) in [7, 11) is 1.27. The summed E-state index contributed by atoms with van der Waals surface area (Å²) < 4.78 is 36.2. The number of benzene rings is 2. The molecule has 1 N–H and O–H groups in total. The Bertz CT molecular complexity index is 1350. The molecule has 0 aliphatic rings. The molecule has 10 heteroatoms. The topological polar surface area (TPSA) is 82.5 Å². The van der Waals surface area contributed by atoms with Gasteiger partial charge in [-0.1, -0.05) is 36.4 Å². The van der Waals surface area contributed by atoms with Gasteiger partial charge in [-0.2, -0.15) is 8.78 Å². The molecule has 0 spiro atoms. The number of nitrogens with zero attached hydrogens (tertiary/aromatic N) is 2. The number of aryl methyl sites for hydroxylation is 1. The van der Waals surface area contributed by atoms with E-state index in [-0.39, 0.29) is 11.3 Å². The minimum Gasteiger partial charge on any atom is -0.493 e. The highest BCUT2D eigenvalue weighted by Gasteiger charge is 2.22. The molecular formula is C22H17F2N3O4S. The third-order valence-electron chi connectivity index (χ3n) is 4.72.